The molecule has 0 aliphatic rings. The van der Waals surface area contributed by atoms with E-state index in [2.05, 4.69) is 11.9 Å². The Morgan fingerprint density at radius 2 is 1.94 bits per heavy atom. The minimum Gasteiger partial charge on any atom is -0.507 e. The third-order valence-electron chi connectivity index (χ3n) is 1.87. The van der Waals surface area contributed by atoms with E-state index in [0.717, 1.165) is 0 Å². The average molecular weight is 244 g/mol. The molecule has 17 heavy (non-hydrogen) atoms. The number of nitrogens with one attached hydrogen (secondary N) is 1. The number of hydrogen-bond acceptors (Lipinski definition) is 3. The smallest absolute Gasteiger partial charge is 0.339 e. The van der Waals surface area contributed by atoms with E-state index in [9.17, 15) is 14.7 Å². The van der Waals surface area contributed by atoms with Gasteiger partial charge in [-0.25, -0.2) is 4.79 Å². The number of carbonyl (C=O) groups excluding carboxylic acids is 1. The van der Waals surface area contributed by atoms with Gasteiger partial charge in [-0.15, -0.1) is 0 Å². The van der Waals surface area contributed by atoms with Crippen LogP contribution in [0.25, 0.3) is 0 Å². The largest absolute Gasteiger partial charge is 0.507 e. The molecule has 0 aliphatic carbocycles. The third-order valence-corrected chi connectivity index (χ3v) is 1.87. The summed E-state index contributed by atoms with van der Waals surface area (Å²) in [6.07, 6.45) is 0. The third kappa shape index (κ3) is 4.22. The number of hydrogen-bond donors (Lipinski definition) is 3. The fraction of sp³-hybridized carbons (Fsp3) is 0.0909. The number of carboxylic acid groups (broad SMARTS) is 1. The molecule has 1 radical (unpaired) electrons. The van der Waals surface area contributed by atoms with Crippen LogP contribution in [0.2, 0.25) is 0 Å². The summed E-state index contributed by atoms with van der Waals surface area (Å²) in [5.74, 6) is -2.01. The van der Waals surface area contributed by atoms with Crippen molar-refractivity contribution < 1.29 is 19.8 Å². The zero-order valence-electron chi connectivity index (χ0n) is 9.65. The quantitative estimate of drug-likeness (QED) is 0.551. The van der Waals surface area contributed by atoms with Crippen molar-refractivity contribution in [2.75, 3.05) is 5.32 Å². The molecular formula is C11H11NNaO4. The molecule has 0 aromatic heterocycles. The molecule has 3 N–H and O–H groups in total. The van der Waals surface area contributed by atoms with Crippen molar-refractivity contribution in [2.24, 2.45) is 0 Å². The van der Waals surface area contributed by atoms with Crippen molar-refractivity contribution in [3.63, 3.8) is 0 Å². The van der Waals surface area contributed by atoms with E-state index in [4.69, 9.17) is 5.11 Å². The SMILES string of the molecule is C=C(C)C(=O)Nc1ccc(C(=O)O)c(O)c1.[Na]. The average Bonchev–Trinajstić information content (AvgIpc) is 2.16. The summed E-state index contributed by atoms with van der Waals surface area (Å²) in [4.78, 5) is 21.8. The molecule has 1 aromatic rings. The van der Waals surface area contributed by atoms with Crippen LogP contribution in [0, 0.1) is 0 Å². The van der Waals surface area contributed by atoms with E-state index < -0.39 is 11.7 Å². The van der Waals surface area contributed by atoms with Gasteiger partial charge in [-0.1, -0.05) is 6.58 Å². The number of aromatic hydroxyl groups is 1. The van der Waals surface area contributed by atoms with Gasteiger partial charge < -0.3 is 15.5 Å². The van der Waals surface area contributed by atoms with Crippen LogP contribution in [0.15, 0.2) is 30.4 Å². The summed E-state index contributed by atoms with van der Waals surface area (Å²) in [7, 11) is 0. The molecule has 0 aliphatic heterocycles. The standard InChI is InChI=1S/C11H11NO4.Na/c1-6(2)10(14)12-7-3-4-8(11(15)16)9(13)5-7;/h3-5,13H,1H2,2H3,(H,12,14)(H,15,16);. The van der Waals surface area contributed by atoms with Gasteiger partial charge in [0.2, 0.25) is 0 Å². The number of amides is 1. The van der Waals surface area contributed by atoms with Crippen molar-refractivity contribution in [1.29, 1.82) is 0 Å². The van der Waals surface area contributed by atoms with Gasteiger partial charge in [0.25, 0.3) is 5.91 Å². The molecular weight excluding hydrogens is 233 g/mol. The van der Waals surface area contributed by atoms with Crippen molar-refractivity contribution in [2.45, 2.75) is 6.92 Å². The number of carbonyl (C=O) groups is 2. The maximum Gasteiger partial charge on any atom is 0.339 e. The Kier molecular flexibility index (Phi) is 5.95. The molecule has 0 atom stereocenters. The van der Waals surface area contributed by atoms with Crippen molar-refractivity contribution >= 4 is 47.1 Å². The summed E-state index contributed by atoms with van der Waals surface area (Å²) < 4.78 is 0. The summed E-state index contributed by atoms with van der Waals surface area (Å²) in [6, 6.07) is 3.78. The number of phenols is 1. The maximum absolute atomic E-state index is 11.2. The number of carboxylic acids is 1. The molecule has 0 spiro atoms. The second-order valence-corrected chi connectivity index (χ2v) is 3.27. The van der Waals surface area contributed by atoms with E-state index in [1.807, 2.05) is 0 Å². The zero-order chi connectivity index (χ0) is 12.3. The second-order valence-electron chi connectivity index (χ2n) is 3.27. The Balaban J connectivity index is 0.00000256. The Labute approximate surface area is 120 Å². The van der Waals surface area contributed by atoms with Gasteiger partial charge in [0, 0.05) is 46.9 Å². The molecule has 0 saturated carbocycles. The van der Waals surface area contributed by atoms with Gasteiger partial charge in [0.1, 0.15) is 11.3 Å². The fourth-order valence-electron chi connectivity index (χ4n) is 1.03. The Morgan fingerprint density at radius 1 is 1.35 bits per heavy atom. The van der Waals surface area contributed by atoms with Gasteiger partial charge in [-0.2, -0.15) is 0 Å². The predicted octanol–water partition coefficient (Wildman–Crippen LogP) is 1.22. The maximum atomic E-state index is 11.2. The van der Waals surface area contributed by atoms with Crippen LogP contribution in [0.4, 0.5) is 5.69 Å². The molecule has 0 heterocycles. The van der Waals surface area contributed by atoms with Gasteiger partial charge in [0.15, 0.2) is 0 Å². The van der Waals surface area contributed by atoms with E-state index in [1.54, 1.807) is 6.92 Å². The first-order chi connectivity index (χ1) is 7.41. The van der Waals surface area contributed by atoms with Crippen molar-refractivity contribution in [3.05, 3.63) is 35.9 Å². The molecule has 0 bridgehead atoms. The molecule has 5 nitrogen and oxygen atoms in total. The minimum atomic E-state index is -1.23. The topological polar surface area (TPSA) is 86.6 Å². The summed E-state index contributed by atoms with van der Waals surface area (Å²) in [5, 5.41) is 20.5. The molecule has 0 fully saturated rings. The van der Waals surface area contributed by atoms with Crippen LogP contribution < -0.4 is 5.32 Å². The summed E-state index contributed by atoms with van der Waals surface area (Å²) in [5.41, 5.74) is 0.422. The first-order valence-corrected chi connectivity index (χ1v) is 4.45. The normalized spacial score (nSPS) is 9.00. The summed E-state index contributed by atoms with van der Waals surface area (Å²) in [6.45, 7) is 4.99. The first-order valence-electron chi connectivity index (χ1n) is 4.45. The van der Waals surface area contributed by atoms with Gasteiger partial charge >= 0.3 is 5.97 Å². The van der Waals surface area contributed by atoms with Gasteiger partial charge in [-0.05, 0) is 19.1 Å². The van der Waals surface area contributed by atoms with Crippen LogP contribution in [0.5, 0.6) is 5.75 Å². The van der Waals surface area contributed by atoms with Crippen molar-refractivity contribution in [1.82, 2.24) is 0 Å². The predicted molar refractivity (Wildman–Crippen MR) is 64.3 cm³/mol. The second kappa shape index (κ2) is 6.44. The van der Waals surface area contributed by atoms with Crippen LogP contribution >= 0.6 is 0 Å². The number of rotatable bonds is 3. The Morgan fingerprint density at radius 3 is 2.35 bits per heavy atom. The van der Waals surface area contributed by atoms with Gasteiger partial charge in [0.05, 0.1) is 0 Å². The number of benzene rings is 1. The Bertz CT molecular complexity index is 471. The molecule has 1 aromatic carbocycles. The zero-order valence-corrected chi connectivity index (χ0v) is 11.7. The van der Waals surface area contributed by atoms with Crippen LogP contribution in [0.1, 0.15) is 17.3 Å². The summed E-state index contributed by atoms with van der Waals surface area (Å²) >= 11 is 0. The number of aromatic carboxylic acids is 1. The molecule has 1 amide bonds. The van der Waals surface area contributed by atoms with E-state index in [0.29, 0.717) is 11.3 Å². The molecule has 1 rings (SSSR count). The van der Waals surface area contributed by atoms with Crippen LogP contribution in [0.3, 0.4) is 0 Å². The molecule has 85 valence electrons. The van der Waals surface area contributed by atoms with E-state index in [-0.39, 0.29) is 41.0 Å². The van der Waals surface area contributed by atoms with Crippen LogP contribution in [-0.2, 0) is 4.79 Å². The molecule has 6 heteroatoms. The van der Waals surface area contributed by atoms with Gasteiger partial charge in [-0.3, -0.25) is 4.79 Å². The fourth-order valence-corrected chi connectivity index (χ4v) is 1.03. The van der Waals surface area contributed by atoms with Crippen molar-refractivity contribution in [3.8, 4) is 5.75 Å². The number of anilines is 1. The minimum absolute atomic E-state index is 0. The van der Waals surface area contributed by atoms with E-state index in [1.165, 1.54) is 18.2 Å². The van der Waals surface area contributed by atoms with E-state index >= 15 is 0 Å². The molecule has 0 saturated heterocycles. The van der Waals surface area contributed by atoms with Crippen LogP contribution in [-0.4, -0.2) is 51.6 Å². The Hall–Kier alpha value is -1.30. The first kappa shape index (κ1) is 15.7. The molecule has 0 unspecified atom stereocenters. The monoisotopic (exact) mass is 244 g/mol.